The zero-order valence-corrected chi connectivity index (χ0v) is 23.2. The zero-order valence-electron chi connectivity index (χ0n) is 20.9. The lowest BCUT2D eigenvalue weighted by atomic mass is 10.0. The van der Waals surface area contributed by atoms with Crippen LogP contribution in [0.15, 0.2) is 38.8 Å². The SMILES string of the molecule is CCS(=O)(=O)c1ccc(Cl)cc1Cn1c(=O)[nH]c2c(Cl)c(CN3CCN(C(=O)O)CC3)c(C(F)(F)F)cc2c1=O. The van der Waals surface area contributed by atoms with Crippen molar-refractivity contribution in [3.8, 4) is 0 Å². The van der Waals surface area contributed by atoms with Crippen LogP contribution in [0.5, 0.6) is 0 Å². The van der Waals surface area contributed by atoms with Gasteiger partial charge in [-0.1, -0.05) is 30.1 Å². The number of benzene rings is 2. The fourth-order valence-corrected chi connectivity index (χ4v) is 6.18. The van der Waals surface area contributed by atoms with E-state index in [0.717, 1.165) is 4.90 Å². The number of nitrogens with one attached hydrogen (secondary N) is 1. The van der Waals surface area contributed by atoms with E-state index in [1.165, 1.54) is 25.1 Å². The summed E-state index contributed by atoms with van der Waals surface area (Å²) in [5.74, 6) is -0.275. The summed E-state index contributed by atoms with van der Waals surface area (Å²) in [5, 5.41) is 8.26. The number of alkyl halides is 3. The van der Waals surface area contributed by atoms with Crippen molar-refractivity contribution < 1.29 is 31.5 Å². The maximum Gasteiger partial charge on any atom is 0.416 e. The predicted octanol–water partition coefficient (Wildman–Crippen LogP) is 3.65. The summed E-state index contributed by atoms with van der Waals surface area (Å²) >= 11 is 12.4. The van der Waals surface area contributed by atoms with E-state index in [0.29, 0.717) is 10.6 Å². The third-order valence-corrected chi connectivity index (χ3v) is 9.20. The number of aromatic nitrogens is 2. The van der Waals surface area contributed by atoms with Gasteiger partial charge in [-0.15, -0.1) is 0 Å². The van der Waals surface area contributed by atoms with Crippen molar-refractivity contribution in [1.29, 1.82) is 0 Å². The molecule has 2 heterocycles. The number of carbonyl (C=O) groups is 1. The summed E-state index contributed by atoms with van der Waals surface area (Å²) in [7, 11) is -3.79. The number of carboxylic acid groups (broad SMARTS) is 1. The molecule has 40 heavy (non-hydrogen) atoms. The Balaban J connectivity index is 1.83. The number of nitrogens with zero attached hydrogens (tertiary/aromatic N) is 3. The third kappa shape index (κ3) is 5.85. The molecule has 1 saturated heterocycles. The van der Waals surface area contributed by atoms with E-state index < -0.39 is 55.9 Å². The van der Waals surface area contributed by atoms with E-state index in [4.69, 9.17) is 28.3 Å². The summed E-state index contributed by atoms with van der Waals surface area (Å²) in [6, 6.07) is 4.44. The Hall–Kier alpha value is -3.07. The number of rotatable bonds is 6. The standard InChI is InChI=1S/C24H23Cl2F3N4O6S/c1-2-40(38,39)18-4-3-14(25)9-13(18)11-33-21(34)15-10-17(24(27,28)29)16(19(26)20(15)30-22(33)35)12-31-5-7-32(8-6-31)23(36)37/h3-4,9-10H,2,5-8,11-12H2,1H3,(H,30,35)(H,36,37). The van der Waals surface area contributed by atoms with Gasteiger partial charge in [0.05, 0.1) is 38.7 Å². The Kier molecular flexibility index (Phi) is 8.28. The van der Waals surface area contributed by atoms with E-state index in [2.05, 4.69) is 4.98 Å². The summed E-state index contributed by atoms with van der Waals surface area (Å²) in [5.41, 5.74) is -3.96. The van der Waals surface area contributed by atoms with Gasteiger partial charge >= 0.3 is 18.0 Å². The molecule has 0 atom stereocenters. The van der Waals surface area contributed by atoms with Gasteiger partial charge in [-0.05, 0) is 35.4 Å². The lowest BCUT2D eigenvalue weighted by molar-refractivity contribution is -0.138. The molecule has 0 aliphatic carbocycles. The van der Waals surface area contributed by atoms with Crippen molar-refractivity contribution in [2.24, 2.45) is 0 Å². The molecule has 4 rings (SSSR count). The minimum Gasteiger partial charge on any atom is -0.465 e. The molecule has 1 fully saturated rings. The van der Waals surface area contributed by atoms with Crippen LogP contribution in [0, 0.1) is 0 Å². The van der Waals surface area contributed by atoms with Gasteiger partial charge in [-0.25, -0.2) is 18.0 Å². The van der Waals surface area contributed by atoms with E-state index in [1.54, 1.807) is 4.90 Å². The normalized spacial score (nSPS) is 15.1. The maximum atomic E-state index is 14.2. The Morgan fingerprint density at radius 2 is 1.73 bits per heavy atom. The number of hydrogen-bond donors (Lipinski definition) is 2. The molecule has 10 nitrogen and oxygen atoms in total. The number of amides is 1. The Labute approximate surface area is 235 Å². The second-order valence-corrected chi connectivity index (χ2v) is 12.2. The van der Waals surface area contributed by atoms with Crippen molar-refractivity contribution in [3.05, 3.63) is 71.8 Å². The van der Waals surface area contributed by atoms with Gasteiger partial charge in [-0.3, -0.25) is 14.3 Å². The van der Waals surface area contributed by atoms with Crippen LogP contribution >= 0.6 is 23.2 Å². The topological polar surface area (TPSA) is 133 Å². The van der Waals surface area contributed by atoms with Crippen molar-refractivity contribution in [1.82, 2.24) is 19.4 Å². The molecule has 1 aromatic heterocycles. The van der Waals surface area contributed by atoms with Crippen molar-refractivity contribution in [2.75, 3.05) is 31.9 Å². The average molecular weight is 623 g/mol. The summed E-state index contributed by atoms with van der Waals surface area (Å²) in [4.78, 5) is 42.4. The molecule has 3 aromatic rings. The molecule has 1 amide bonds. The molecule has 0 spiro atoms. The summed E-state index contributed by atoms with van der Waals surface area (Å²) in [6.45, 7) is 1.01. The maximum absolute atomic E-state index is 14.2. The van der Waals surface area contributed by atoms with E-state index in [9.17, 15) is 36.0 Å². The van der Waals surface area contributed by atoms with Crippen molar-refractivity contribution in [2.45, 2.75) is 31.1 Å². The van der Waals surface area contributed by atoms with Crippen LogP contribution in [0.4, 0.5) is 18.0 Å². The Morgan fingerprint density at radius 3 is 2.30 bits per heavy atom. The van der Waals surface area contributed by atoms with Gasteiger partial charge in [0.25, 0.3) is 5.56 Å². The molecular formula is C24H23Cl2F3N4O6S. The Morgan fingerprint density at radius 1 is 1.07 bits per heavy atom. The van der Waals surface area contributed by atoms with Crippen molar-refractivity contribution >= 4 is 50.0 Å². The first kappa shape index (κ1) is 29.9. The fourth-order valence-electron chi connectivity index (χ4n) is 4.57. The molecule has 1 aliphatic heterocycles. The second kappa shape index (κ2) is 11.1. The van der Waals surface area contributed by atoms with E-state index in [-0.39, 0.29) is 65.0 Å². The molecule has 1 aliphatic rings. The number of hydrogen-bond acceptors (Lipinski definition) is 6. The number of halogens is 5. The fraction of sp³-hybridized carbons (Fsp3) is 0.375. The number of piperazine rings is 1. The van der Waals surface area contributed by atoms with Crippen LogP contribution in [0.3, 0.4) is 0 Å². The predicted molar refractivity (Wildman–Crippen MR) is 142 cm³/mol. The van der Waals surface area contributed by atoms with Gasteiger partial charge < -0.3 is 15.0 Å². The van der Waals surface area contributed by atoms with Gasteiger partial charge in [0.1, 0.15) is 0 Å². The van der Waals surface area contributed by atoms with Crippen LogP contribution in [0.25, 0.3) is 10.9 Å². The zero-order chi connectivity index (χ0) is 29.6. The van der Waals surface area contributed by atoms with Crippen molar-refractivity contribution in [3.63, 3.8) is 0 Å². The number of aromatic amines is 1. The summed E-state index contributed by atoms with van der Waals surface area (Å²) in [6.07, 6.45) is -6.05. The molecule has 0 bridgehead atoms. The highest BCUT2D eigenvalue weighted by atomic mass is 35.5. The molecule has 0 radical (unpaired) electrons. The number of sulfone groups is 1. The Bertz CT molecular complexity index is 1710. The second-order valence-electron chi connectivity index (χ2n) is 9.16. The van der Waals surface area contributed by atoms with Gasteiger partial charge in [0, 0.05) is 37.7 Å². The highest BCUT2D eigenvalue weighted by molar-refractivity contribution is 7.91. The highest BCUT2D eigenvalue weighted by Gasteiger charge is 2.37. The smallest absolute Gasteiger partial charge is 0.416 e. The lowest BCUT2D eigenvalue weighted by Gasteiger charge is -2.33. The molecule has 16 heteroatoms. The van der Waals surface area contributed by atoms with Crippen LogP contribution in [-0.4, -0.2) is 70.9 Å². The molecule has 2 N–H and O–H groups in total. The van der Waals surface area contributed by atoms with E-state index >= 15 is 0 Å². The van der Waals surface area contributed by atoms with E-state index in [1.807, 2.05) is 0 Å². The number of fused-ring (bicyclic) bond motifs is 1. The minimum atomic E-state index is -4.92. The van der Waals surface area contributed by atoms with Gasteiger partial charge in [0.15, 0.2) is 9.84 Å². The molecular weight excluding hydrogens is 600 g/mol. The largest absolute Gasteiger partial charge is 0.465 e. The molecule has 2 aromatic carbocycles. The first-order valence-corrected chi connectivity index (χ1v) is 14.3. The van der Waals surface area contributed by atoms with Crippen LogP contribution in [0.1, 0.15) is 23.6 Å². The first-order valence-electron chi connectivity index (χ1n) is 11.9. The monoisotopic (exact) mass is 622 g/mol. The number of H-pyrrole nitrogens is 1. The highest BCUT2D eigenvalue weighted by Crippen LogP contribution is 2.38. The quantitative estimate of drug-likeness (QED) is 0.429. The van der Waals surface area contributed by atoms with Gasteiger partial charge in [0.2, 0.25) is 0 Å². The van der Waals surface area contributed by atoms with Crippen LogP contribution in [0.2, 0.25) is 10.0 Å². The van der Waals surface area contributed by atoms with Gasteiger partial charge in [-0.2, -0.15) is 13.2 Å². The average Bonchev–Trinajstić information content (AvgIpc) is 2.88. The summed E-state index contributed by atoms with van der Waals surface area (Å²) < 4.78 is 68.3. The molecule has 0 saturated carbocycles. The molecule has 216 valence electrons. The lowest BCUT2D eigenvalue weighted by Crippen LogP contribution is -2.48. The minimum absolute atomic E-state index is 0.0144. The first-order chi connectivity index (χ1) is 18.6. The van der Waals surface area contributed by atoms with Crippen LogP contribution < -0.4 is 11.2 Å². The molecule has 0 unspecified atom stereocenters. The third-order valence-electron chi connectivity index (χ3n) is 6.72. The van der Waals surface area contributed by atoms with Crippen LogP contribution in [-0.2, 0) is 29.1 Å².